The molecule has 0 aromatic carbocycles. The maximum Gasteiger partial charge on any atom is 0.343 e. The zero-order chi connectivity index (χ0) is 16.7. The fourth-order valence-corrected chi connectivity index (χ4v) is 2.62. The lowest BCUT2D eigenvalue weighted by Crippen LogP contribution is -2.35. The van der Waals surface area contributed by atoms with E-state index in [1.807, 2.05) is 0 Å². The molecular formula is C7H15Cl2N2O2P. The van der Waals surface area contributed by atoms with Gasteiger partial charge in [0.2, 0.25) is 0 Å². The Kier molecular flexibility index (Phi) is 2.64. The highest BCUT2D eigenvalue weighted by atomic mass is 35.5. The van der Waals surface area contributed by atoms with Gasteiger partial charge < -0.3 is 4.52 Å². The average molecular weight is 268 g/mol. The van der Waals surface area contributed by atoms with Crippen LogP contribution >= 0.6 is 30.9 Å². The van der Waals surface area contributed by atoms with Gasteiger partial charge in [0.25, 0.3) is 0 Å². The van der Waals surface area contributed by atoms with E-state index in [1.54, 1.807) is 0 Å². The van der Waals surface area contributed by atoms with Gasteiger partial charge in [-0.05, 0) is 6.42 Å². The Morgan fingerprint density at radius 1 is 1.64 bits per heavy atom. The molecule has 1 rings (SSSR count). The van der Waals surface area contributed by atoms with Gasteiger partial charge in [0.1, 0.15) is 1.41 Å². The molecule has 1 atom stereocenters. The summed E-state index contributed by atoms with van der Waals surface area (Å²) >= 11 is 10.9. The molecule has 0 aliphatic carbocycles. The van der Waals surface area contributed by atoms with Gasteiger partial charge in [-0.1, -0.05) is 0 Å². The van der Waals surface area contributed by atoms with E-state index >= 15 is 0 Å². The highest BCUT2D eigenvalue weighted by Crippen LogP contribution is 2.47. The molecule has 0 saturated carbocycles. The summed E-state index contributed by atoms with van der Waals surface area (Å²) in [7, 11) is -4.67. The van der Waals surface area contributed by atoms with Crippen LogP contribution in [0.3, 0.4) is 0 Å². The van der Waals surface area contributed by atoms with Gasteiger partial charge in [-0.3, -0.25) is 4.57 Å². The van der Waals surface area contributed by atoms with E-state index in [4.69, 9.17) is 37.4 Å². The van der Waals surface area contributed by atoms with Gasteiger partial charge in [-0.15, -0.1) is 23.2 Å². The molecule has 4 nitrogen and oxygen atoms in total. The monoisotopic (exact) mass is 267 g/mol. The second-order valence-electron chi connectivity index (χ2n) is 2.24. The Labute approximate surface area is 104 Å². The first-order chi connectivity index (χ1) is 9.32. The summed E-state index contributed by atoms with van der Waals surface area (Å²) in [4.78, 5) is 0. The molecule has 0 aromatic heterocycles. The van der Waals surface area contributed by atoms with Crippen LogP contribution in [0.15, 0.2) is 0 Å². The van der Waals surface area contributed by atoms with Crippen molar-refractivity contribution in [2.24, 2.45) is 0 Å². The summed E-state index contributed by atoms with van der Waals surface area (Å²) in [5.74, 6) is -1.54. The lowest BCUT2D eigenvalue weighted by molar-refractivity contribution is 0.233. The predicted octanol–water partition coefficient (Wildman–Crippen LogP) is 1.88. The average Bonchev–Trinajstić information content (AvgIpc) is 2.33. The van der Waals surface area contributed by atoms with Gasteiger partial charge in [0.05, 0.1) is 9.30 Å². The first kappa shape index (κ1) is 5.85. The molecule has 0 amide bonds. The van der Waals surface area contributed by atoms with Crippen molar-refractivity contribution in [2.45, 2.75) is 6.42 Å². The van der Waals surface area contributed by atoms with Gasteiger partial charge in [-0.25, -0.2) is 9.75 Å². The van der Waals surface area contributed by atoms with Crippen LogP contribution in [0.2, 0.25) is 1.41 Å². The summed E-state index contributed by atoms with van der Waals surface area (Å²) < 4.78 is 71.5. The summed E-state index contributed by atoms with van der Waals surface area (Å²) in [6.45, 7) is -8.03. The smallest absolute Gasteiger partial charge is 0.306 e. The fraction of sp³-hybridized carbons (Fsp3) is 1.00. The molecule has 0 aromatic rings. The van der Waals surface area contributed by atoms with Crippen LogP contribution in [0, 0.1) is 0 Å². The van der Waals surface area contributed by atoms with Crippen molar-refractivity contribution in [3.63, 3.8) is 0 Å². The van der Waals surface area contributed by atoms with E-state index in [9.17, 15) is 4.57 Å². The number of hydrogen-bond donors (Lipinski definition) is 1. The highest BCUT2D eigenvalue weighted by Gasteiger charge is 2.32. The largest absolute Gasteiger partial charge is 0.343 e. The zero-order valence-electron chi connectivity index (χ0n) is 14.2. The van der Waals surface area contributed by atoms with Crippen molar-refractivity contribution in [3.05, 3.63) is 0 Å². The minimum Gasteiger partial charge on any atom is -0.306 e. The maximum absolute atomic E-state index is 12.9. The maximum atomic E-state index is 12.9. The van der Waals surface area contributed by atoms with Gasteiger partial charge in [0.15, 0.2) is 0 Å². The van der Waals surface area contributed by atoms with Crippen molar-refractivity contribution in [3.8, 4) is 0 Å². The second kappa shape index (κ2) is 6.31. The normalized spacial score (nSPS) is 42.6. The lowest BCUT2D eigenvalue weighted by atomic mass is 10.5. The van der Waals surface area contributed by atoms with Gasteiger partial charge in [-0.2, -0.15) is 0 Å². The Bertz CT molecular complexity index is 425. The SMILES string of the molecule is [2H]N1CCC([2H])([2H])OP1(=O)N(C([2H])([2H])CCl)C([2H])([2H])CCl. The number of nitrogens with one attached hydrogen (secondary N) is 1. The minimum absolute atomic E-state index is 0.136. The van der Waals surface area contributed by atoms with E-state index in [2.05, 4.69) is 0 Å². The first-order valence-electron chi connectivity index (χ1n) is 7.28. The van der Waals surface area contributed by atoms with Crippen LogP contribution in [0.1, 0.15) is 14.6 Å². The lowest BCUT2D eigenvalue weighted by Gasteiger charge is -2.33. The van der Waals surface area contributed by atoms with Crippen molar-refractivity contribution in [1.82, 2.24) is 9.75 Å². The zero-order valence-corrected chi connectivity index (χ0v) is 9.65. The van der Waals surface area contributed by atoms with E-state index in [0.717, 1.165) is 0 Å². The third kappa shape index (κ3) is 3.37. The molecule has 7 heteroatoms. The Morgan fingerprint density at radius 3 is 2.86 bits per heavy atom. The van der Waals surface area contributed by atoms with Gasteiger partial charge in [0, 0.05) is 36.8 Å². The molecule has 0 bridgehead atoms. The molecule has 1 unspecified atom stereocenters. The third-order valence-electron chi connectivity index (χ3n) is 1.35. The minimum atomic E-state index is -4.67. The molecule has 1 heterocycles. The molecule has 1 aliphatic heterocycles. The molecule has 0 radical (unpaired) electrons. The molecule has 0 spiro atoms. The molecule has 14 heavy (non-hydrogen) atoms. The number of alkyl halides is 2. The van der Waals surface area contributed by atoms with Crippen LogP contribution in [-0.4, -0.2) is 42.5 Å². The summed E-state index contributed by atoms with van der Waals surface area (Å²) in [5.41, 5.74) is 0. The molecule has 84 valence electrons. The van der Waals surface area contributed by atoms with Crippen LogP contribution < -0.4 is 5.08 Å². The molecular weight excluding hydrogens is 246 g/mol. The second-order valence-corrected chi connectivity index (χ2v) is 4.62. The van der Waals surface area contributed by atoms with Crippen LogP contribution in [0.25, 0.3) is 0 Å². The molecule has 1 saturated heterocycles. The van der Waals surface area contributed by atoms with Crippen molar-refractivity contribution in [1.29, 1.82) is 0 Å². The first-order valence-corrected chi connectivity index (χ1v) is 6.43. The van der Waals surface area contributed by atoms with E-state index in [0.29, 0.717) is 5.08 Å². The topological polar surface area (TPSA) is 41.6 Å². The van der Waals surface area contributed by atoms with Crippen LogP contribution in [-0.2, 0) is 9.09 Å². The number of nitrogens with zero attached hydrogens (tertiary/aromatic N) is 1. The number of rotatable bonds is 5. The molecule has 1 N–H and O–H groups in total. The van der Waals surface area contributed by atoms with E-state index in [-0.39, 0.29) is 17.6 Å². The Morgan fingerprint density at radius 2 is 2.29 bits per heavy atom. The Hall–Kier alpha value is 0.690. The van der Waals surface area contributed by atoms with Crippen molar-refractivity contribution < 1.29 is 18.7 Å². The fourth-order valence-electron chi connectivity index (χ4n) is 0.833. The summed E-state index contributed by atoms with van der Waals surface area (Å²) in [5, 5.41) is 0.350. The van der Waals surface area contributed by atoms with E-state index < -0.39 is 39.0 Å². The highest BCUT2D eigenvalue weighted by molar-refractivity contribution is 7.54. The van der Waals surface area contributed by atoms with E-state index in [1.165, 1.54) is 0 Å². The molecule has 1 fully saturated rings. The number of hydrogen-bond acceptors (Lipinski definition) is 2. The molecule has 1 aliphatic rings. The predicted molar refractivity (Wildman–Crippen MR) is 59.2 cm³/mol. The van der Waals surface area contributed by atoms with Crippen molar-refractivity contribution >= 4 is 30.9 Å². The number of halogens is 2. The van der Waals surface area contributed by atoms with Crippen molar-refractivity contribution in [2.75, 3.05) is 37.9 Å². The van der Waals surface area contributed by atoms with Gasteiger partial charge >= 0.3 is 7.67 Å². The quantitative estimate of drug-likeness (QED) is 0.610. The van der Waals surface area contributed by atoms with Crippen LogP contribution in [0.5, 0.6) is 0 Å². The summed E-state index contributed by atoms with van der Waals surface area (Å²) in [6.07, 6.45) is -0.262. The van der Waals surface area contributed by atoms with Crippen LogP contribution in [0.4, 0.5) is 0 Å². The summed E-state index contributed by atoms with van der Waals surface area (Å²) in [6, 6.07) is 0. The Balaban J connectivity index is 3.40. The third-order valence-corrected chi connectivity index (χ3v) is 3.30. The standard InChI is InChI=1S/C7H15Cl2N2O2P/c8-2-5-11(6-3-9)14(12)10-4-1-7-13-14/h1-7H2,(H,10,12)/i5D2,6D2,7D2/hD.